The summed E-state index contributed by atoms with van der Waals surface area (Å²) in [6, 6.07) is 0.257. The molecule has 0 amide bonds. The third-order valence-electron chi connectivity index (χ3n) is 2.98. The molecule has 6 heteroatoms. The van der Waals surface area contributed by atoms with Crippen molar-refractivity contribution in [2.45, 2.75) is 25.5 Å². The molecule has 1 fully saturated rings. The van der Waals surface area contributed by atoms with Crippen molar-refractivity contribution in [1.29, 1.82) is 0 Å². The highest BCUT2D eigenvalue weighted by molar-refractivity contribution is 4.91. The predicted octanol–water partition coefficient (Wildman–Crippen LogP) is 0.377. The van der Waals surface area contributed by atoms with Crippen LogP contribution >= 0.6 is 0 Å². The number of hydrogen-bond acceptors (Lipinski definition) is 4. The van der Waals surface area contributed by atoms with Crippen LogP contribution in [0, 0.1) is 0 Å². The molecule has 0 unspecified atom stereocenters. The lowest BCUT2D eigenvalue weighted by Crippen LogP contribution is -2.37. The summed E-state index contributed by atoms with van der Waals surface area (Å²) in [5.41, 5.74) is 0.586. The fourth-order valence-electron chi connectivity index (χ4n) is 2.13. The van der Waals surface area contributed by atoms with Gasteiger partial charge in [-0.1, -0.05) is 5.21 Å². The fraction of sp³-hybridized carbons (Fsp3) is 0.800. The minimum atomic E-state index is -0.300. The summed E-state index contributed by atoms with van der Waals surface area (Å²) in [5.74, 6) is 0. The molecule has 2 heterocycles. The van der Waals surface area contributed by atoms with Crippen molar-refractivity contribution in [3.05, 3.63) is 11.9 Å². The molecule has 90 valence electrons. The van der Waals surface area contributed by atoms with Crippen LogP contribution in [0.1, 0.15) is 24.6 Å². The summed E-state index contributed by atoms with van der Waals surface area (Å²) >= 11 is 0. The molecule has 1 saturated heterocycles. The van der Waals surface area contributed by atoms with E-state index in [2.05, 4.69) is 15.2 Å². The number of rotatable bonds is 4. The van der Waals surface area contributed by atoms with Crippen molar-refractivity contribution in [2.75, 3.05) is 26.3 Å². The summed E-state index contributed by atoms with van der Waals surface area (Å²) in [4.78, 5) is 2.11. The number of aliphatic hydroxyl groups excluding tert-OH is 1. The number of nitrogens with zero attached hydrogens (tertiary/aromatic N) is 4. The van der Waals surface area contributed by atoms with Gasteiger partial charge in [-0.15, -0.1) is 5.10 Å². The van der Waals surface area contributed by atoms with Crippen LogP contribution in [0.25, 0.3) is 0 Å². The standard InChI is InChI=1S/C10H17FN4O/c11-3-5-14-4-1-2-10(7-14)15-6-9(8-16)12-13-15/h6,10,16H,1-5,7-8H2/t10-/m1/s1. The van der Waals surface area contributed by atoms with Gasteiger partial charge in [0.25, 0.3) is 0 Å². The summed E-state index contributed by atoms with van der Waals surface area (Å²) < 4.78 is 14.0. The van der Waals surface area contributed by atoms with Gasteiger partial charge in [0.15, 0.2) is 0 Å². The molecule has 0 bridgehead atoms. The molecule has 5 nitrogen and oxygen atoms in total. The lowest BCUT2D eigenvalue weighted by molar-refractivity contribution is 0.158. The van der Waals surface area contributed by atoms with Gasteiger partial charge in [0.05, 0.1) is 18.8 Å². The highest BCUT2D eigenvalue weighted by atomic mass is 19.1. The zero-order valence-electron chi connectivity index (χ0n) is 9.22. The van der Waals surface area contributed by atoms with Gasteiger partial charge >= 0.3 is 0 Å². The van der Waals surface area contributed by atoms with Gasteiger partial charge < -0.3 is 5.11 Å². The fourth-order valence-corrected chi connectivity index (χ4v) is 2.13. The lowest BCUT2D eigenvalue weighted by atomic mass is 10.1. The SMILES string of the molecule is OCc1cn([C@@H]2CCCN(CCF)C2)nn1. The second-order valence-corrected chi connectivity index (χ2v) is 4.13. The van der Waals surface area contributed by atoms with Crippen LogP contribution in [0.4, 0.5) is 4.39 Å². The Hall–Kier alpha value is -1.01. The highest BCUT2D eigenvalue weighted by Gasteiger charge is 2.21. The van der Waals surface area contributed by atoms with Crippen LogP contribution in [0.3, 0.4) is 0 Å². The summed E-state index contributed by atoms with van der Waals surface area (Å²) in [6.07, 6.45) is 3.86. The first-order valence-corrected chi connectivity index (χ1v) is 5.63. The Morgan fingerprint density at radius 2 is 2.44 bits per heavy atom. The molecule has 0 spiro atoms. The van der Waals surface area contributed by atoms with E-state index in [4.69, 9.17) is 5.11 Å². The van der Waals surface area contributed by atoms with Gasteiger partial charge in [-0.05, 0) is 19.4 Å². The maximum absolute atomic E-state index is 12.3. The van der Waals surface area contributed by atoms with Crippen molar-refractivity contribution in [2.24, 2.45) is 0 Å². The largest absolute Gasteiger partial charge is 0.390 e. The molecular formula is C10H17FN4O. The summed E-state index contributed by atoms with van der Waals surface area (Å²) in [6.45, 7) is 1.89. The molecule has 0 radical (unpaired) electrons. The molecule has 0 saturated carbocycles. The van der Waals surface area contributed by atoms with Crippen LogP contribution in [0.15, 0.2) is 6.20 Å². The molecule has 1 N–H and O–H groups in total. The molecule has 1 aliphatic heterocycles. The van der Waals surface area contributed by atoms with Gasteiger partial charge in [-0.3, -0.25) is 4.90 Å². The molecule has 1 aromatic heterocycles. The van der Waals surface area contributed by atoms with Gasteiger partial charge in [0.1, 0.15) is 12.4 Å². The smallest absolute Gasteiger partial charge is 0.108 e. The average molecular weight is 228 g/mol. The van der Waals surface area contributed by atoms with E-state index in [1.807, 2.05) is 0 Å². The minimum absolute atomic E-state index is 0.0824. The predicted molar refractivity (Wildman–Crippen MR) is 56.6 cm³/mol. The Balaban J connectivity index is 1.98. The monoisotopic (exact) mass is 228 g/mol. The van der Waals surface area contributed by atoms with E-state index in [0.29, 0.717) is 12.2 Å². The molecule has 1 atom stereocenters. The van der Waals surface area contributed by atoms with Crippen molar-refractivity contribution < 1.29 is 9.50 Å². The molecule has 0 aliphatic carbocycles. The van der Waals surface area contributed by atoms with Crippen molar-refractivity contribution in [3.63, 3.8) is 0 Å². The Labute approximate surface area is 93.9 Å². The van der Waals surface area contributed by atoms with Crippen molar-refractivity contribution in [3.8, 4) is 0 Å². The van der Waals surface area contributed by atoms with E-state index in [9.17, 15) is 4.39 Å². The summed E-state index contributed by atoms with van der Waals surface area (Å²) in [7, 11) is 0. The van der Waals surface area contributed by atoms with E-state index in [1.165, 1.54) is 0 Å². The second-order valence-electron chi connectivity index (χ2n) is 4.13. The van der Waals surface area contributed by atoms with Crippen LogP contribution < -0.4 is 0 Å². The van der Waals surface area contributed by atoms with Crippen LogP contribution in [-0.4, -0.2) is 51.3 Å². The molecular weight excluding hydrogens is 211 g/mol. The van der Waals surface area contributed by atoms with Gasteiger partial charge in [-0.25, -0.2) is 9.07 Å². The van der Waals surface area contributed by atoms with Gasteiger partial charge in [0, 0.05) is 13.1 Å². The third kappa shape index (κ3) is 2.56. The van der Waals surface area contributed by atoms with Gasteiger partial charge in [-0.2, -0.15) is 0 Å². The Kier molecular flexibility index (Phi) is 3.84. The van der Waals surface area contributed by atoms with E-state index < -0.39 is 0 Å². The Morgan fingerprint density at radius 3 is 3.12 bits per heavy atom. The molecule has 1 aliphatic rings. The normalized spacial score (nSPS) is 22.5. The van der Waals surface area contributed by atoms with Crippen LogP contribution in [-0.2, 0) is 6.61 Å². The number of aromatic nitrogens is 3. The lowest BCUT2D eigenvalue weighted by Gasteiger charge is -2.31. The van der Waals surface area contributed by atoms with E-state index >= 15 is 0 Å². The molecule has 1 aromatic rings. The first-order chi connectivity index (χ1) is 7.83. The second kappa shape index (κ2) is 5.36. The number of hydrogen-bond donors (Lipinski definition) is 1. The summed E-state index contributed by atoms with van der Waals surface area (Å²) in [5, 5.41) is 16.8. The molecule has 16 heavy (non-hydrogen) atoms. The van der Waals surface area contributed by atoms with E-state index in [0.717, 1.165) is 25.9 Å². The number of aliphatic hydroxyl groups is 1. The maximum atomic E-state index is 12.3. The number of halogens is 1. The van der Waals surface area contributed by atoms with Crippen molar-refractivity contribution in [1.82, 2.24) is 19.9 Å². The minimum Gasteiger partial charge on any atom is -0.390 e. The average Bonchev–Trinajstić information content (AvgIpc) is 2.78. The van der Waals surface area contributed by atoms with E-state index in [-0.39, 0.29) is 19.3 Å². The van der Waals surface area contributed by atoms with E-state index in [1.54, 1.807) is 10.9 Å². The zero-order chi connectivity index (χ0) is 11.4. The quantitative estimate of drug-likeness (QED) is 0.809. The Bertz CT molecular complexity index is 328. The first kappa shape index (κ1) is 11.5. The Morgan fingerprint density at radius 1 is 1.56 bits per heavy atom. The molecule has 0 aromatic carbocycles. The van der Waals surface area contributed by atoms with Crippen LogP contribution in [0.2, 0.25) is 0 Å². The number of alkyl halides is 1. The molecule has 2 rings (SSSR count). The number of likely N-dealkylation sites (tertiary alicyclic amines) is 1. The number of piperidine rings is 1. The van der Waals surface area contributed by atoms with Crippen LogP contribution in [0.5, 0.6) is 0 Å². The first-order valence-electron chi connectivity index (χ1n) is 5.63. The topological polar surface area (TPSA) is 54.2 Å². The zero-order valence-corrected chi connectivity index (χ0v) is 9.22. The van der Waals surface area contributed by atoms with Crippen molar-refractivity contribution >= 4 is 0 Å². The maximum Gasteiger partial charge on any atom is 0.108 e. The van der Waals surface area contributed by atoms with Gasteiger partial charge in [0.2, 0.25) is 0 Å². The third-order valence-corrected chi connectivity index (χ3v) is 2.98. The highest BCUT2D eigenvalue weighted by Crippen LogP contribution is 2.20.